The predicted octanol–water partition coefficient (Wildman–Crippen LogP) is 4.29. The first-order chi connectivity index (χ1) is 10.3. The largest absolute Gasteiger partial charge is 0.339 e. The quantitative estimate of drug-likeness (QED) is 0.803. The van der Waals surface area contributed by atoms with Gasteiger partial charge in [0, 0.05) is 13.1 Å². The zero-order chi connectivity index (χ0) is 14.7. The highest BCUT2D eigenvalue weighted by atomic mass is 16.2. The van der Waals surface area contributed by atoms with E-state index in [0.29, 0.717) is 0 Å². The van der Waals surface area contributed by atoms with Crippen LogP contribution in [0.1, 0.15) is 35.2 Å². The Hall–Kier alpha value is -2.09. The van der Waals surface area contributed by atoms with Gasteiger partial charge in [0.2, 0.25) is 0 Å². The lowest BCUT2D eigenvalue weighted by Crippen LogP contribution is -2.36. The van der Waals surface area contributed by atoms with Crippen molar-refractivity contribution in [3.05, 3.63) is 59.7 Å². The summed E-state index contributed by atoms with van der Waals surface area (Å²) in [7, 11) is 0. The van der Waals surface area contributed by atoms with Crippen molar-refractivity contribution in [3.8, 4) is 11.1 Å². The summed E-state index contributed by atoms with van der Waals surface area (Å²) in [5.41, 5.74) is 4.09. The number of hydrogen-bond acceptors (Lipinski definition) is 1. The lowest BCUT2D eigenvalue weighted by atomic mass is 9.94. The molecular formula is C19H21NO. The summed E-state index contributed by atoms with van der Waals surface area (Å²) < 4.78 is 0. The maximum absolute atomic E-state index is 12.9. The van der Waals surface area contributed by atoms with Crippen molar-refractivity contribution in [1.82, 2.24) is 4.90 Å². The number of carbonyl (C=O) groups excluding carboxylic acids is 1. The smallest absolute Gasteiger partial charge is 0.254 e. The van der Waals surface area contributed by atoms with Crippen molar-refractivity contribution in [3.63, 3.8) is 0 Å². The fourth-order valence-corrected chi connectivity index (χ4v) is 3.07. The van der Waals surface area contributed by atoms with Crippen LogP contribution in [0, 0.1) is 6.92 Å². The Kier molecular flexibility index (Phi) is 4.05. The number of amides is 1. The van der Waals surface area contributed by atoms with Crippen LogP contribution in [0.3, 0.4) is 0 Å². The second-order valence-electron chi connectivity index (χ2n) is 5.72. The van der Waals surface area contributed by atoms with Gasteiger partial charge >= 0.3 is 0 Å². The molecule has 0 radical (unpaired) electrons. The van der Waals surface area contributed by atoms with E-state index in [1.807, 2.05) is 42.2 Å². The Morgan fingerprint density at radius 1 is 0.905 bits per heavy atom. The minimum absolute atomic E-state index is 0.187. The van der Waals surface area contributed by atoms with Gasteiger partial charge in [0.1, 0.15) is 0 Å². The zero-order valence-electron chi connectivity index (χ0n) is 12.5. The number of piperidine rings is 1. The van der Waals surface area contributed by atoms with Crippen LogP contribution in [0.25, 0.3) is 11.1 Å². The van der Waals surface area contributed by atoms with Crippen molar-refractivity contribution in [1.29, 1.82) is 0 Å². The molecule has 0 aliphatic carbocycles. The van der Waals surface area contributed by atoms with E-state index in [0.717, 1.165) is 48.2 Å². The van der Waals surface area contributed by atoms with Crippen molar-refractivity contribution >= 4 is 5.91 Å². The van der Waals surface area contributed by atoms with Gasteiger partial charge in [-0.1, -0.05) is 48.5 Å². The summed E-state index contributed by atoms with van der Waals surface area (Å²) in [5.74, 6) is 0.187. The minimum atomic E-state index is 0.187. The third kappa shape index (κ3) is 2.85. The standard InChI is InChI=1S/C19H21NO/c1-15-9-8-12-17(16-10-4-2-5-11-16)18(15)19(21)20-13-6-3-7-14-20/h2,4-5,8-12H,3,6-7,13-14H2,1H3. The molecule has 0 aromatic heterocycles. The van der Waals surface area contributed by atoms with Gasteiger partial charge in [0.05, 0.1) is 5.56 Å². The summed E-state index contributed by atoms with van der Waals surface area (Å²) >= 11 is 0. The molecule has 0 spiro atoms. The van der Waals surface area contributed by atoms with E-state index in [4.69, 9.17) is 0 Å². The maximum Gasteiger partial charge on any atom is 0.254 e. The van der Waals surface area contributed by atoms with Gasteiger partial charge in [0.25, 0.3) is 5.91 Å². The molecule has 2 aromatic rings. The molecule has 1 saturated heterocycles. The molecule has 0 unspecified atom stereocenters. The fraction of sp³-hybridized carbons (Fsp3) is 0.316. The van der Waals surface area contributed by atoms with Gasteiger partial charge in [-0.2, -0.15) is 0 Å². The average molecular weight is 279 g/mol. The van der Waals surface area contributed by atoms with E-state index in [1.165, 1.54) is 6.42 Å². The molecule has 1 fully saturated rings. The zero-order valence-corrected chi connectivity index (χ0v) is 12.5. The van der Waals surface area contributed by atoms with Gasteiger partial charge in [-0.25, -0.2) is 0 Å². The van der Waals surface area contributed by atoms with Crippen LogP contribution >= 0.6 is 0 Å². The number of carbonyl (C=O) groups is 1. The second-order valence-corrected chi connectivity index (χ2v) is 5.72. The molecule has 1 amide bonds. The highest BCUT2D eigenvalue weighted by Gasteiger charge is 2.22. The lowest BCUT2D eigenvalue weighted by molar-refractivity contribution is 0.0724. The fourth-order valence-electron chi connectivity index (χ4n) is 3.07. The molecule has 0 bridgehead atoms. The Morgan fingerprint density at radius 2 is 1.62 bits per heavy atom. The van der Waals surface area contributed by atoms with E-state index in [-0.39, 0.29) is 5.91 Å². The Bertz CT molecular complexity index is 627. The lowest BCUT2D eigenvalue weighted by Gasteiger charge is -2.28. The monoisotopic (exact) mass is 279 g/mol. The number of benzene rings is 2. The van der Waals surface area contributed by atoms with Crippen LogP contribution in [-0.4, -0.2) is 23.9 Å². The average Bonchev–Trinajstić information content (AvgIpc) is 2.55. The molecule has 0 N–H and O–H groups in total. The topological polar surface area (TPSA) is 20.3 Å². The summed E-state index contributed by atoms with van der Waals surface area (Å²) in [4.78, 5) is 15.0. The van der Waals surface area contributed by atoms with Crippen LogP contribution in [-0.2, 0) is 0 Å². The van der Waals surface area contributed by atoms with E-state index >= 15 is 0 Å². The van der Waals surface area contributed by atoms with Gasteiger partial charge < -0.3 is 4.90 Å². The van der Waals surface area contributed by atoms with Crippen LogP contribution in [0.4, 0.5) is 0 Å². The first kappa shape index (κ1) is 13.9. The molecule has 2 aromatic carbocycles. The minimum Gasteiger partial charge on any atom is -0.339 e. The molecule has 0 atom stereocenters. The number of hydrogen-bond donors (Lipinski definition) is 0. The molecule has 21 heavy (non-hydrogen) atoms. The number of aryl methyl sites for hydroxylation is 1. The molecule has 2 heteroatoms. The van der Waals surface area contributed by atoms with Crippen LogP contribution < -0.4 is 0 Å². The highest BCUT2D eigenvalue weighted by molar-refractivity contribution is 6.02. The van der Waals surface area contributed by atoms with Crippen molar-refractivity contribution in [2.75, 3.05) is 13.1 Å². The molecular weight excluding hydrogens is 258 g/mol. The molecule has 3 rings (SSSR count). The molecule has 1 heterocycles. The Balaban J connectivity index is 2.03. The Morgan fingerprint density at radius 3 is 2.33 bits per heavy atom. The molecule has 1 aliphatic rings. The van der Waals surface area contributed by atoms with E-state index in [2.05, 4.69) is 18.2 Å². The highest BCUT2D eigenvalue weighted by Crippen LogP contribution is 2.28. The summed E-state index contributed by atoms with van der Waals surface area (Å²) in [6.45, 7) is 3.81. The van der Waals surface area contributed by atoms with E-state index in [1.54, 1.807) is 0 Å². The SMILES string of the molecule is Cc1cccc(-c2ccccc2)c1C(=O)N1CCCCC1. The van der Waals surface area contributed by atoms with Crippen LogP contribution in [0.2, 0.25) is 0 Å². The summed E-state index contributed by atoms with van der Waals surface area (Å²) in [5, 5.41) is 0. The van der Waals surface area contributed by atoms with Gasteiger partial charge in [0.15, 0.2) is 0 Å². The number of likely N-dealkylation sites (tertiary alicyclic amines) is 1. The first-order valence-corrected chi connectivity index (χ1v) is 7.71. The maximum atomic E-state index is 12.9. The third-order valence-corrected chi connectivity index (χ3v) is 4.21. The number of rotatable bonds is 2. The molecule has 108 valence electrons. The first-order valence-electron chi connectivity index (χ1n) is 7.71. The summed E-state index contributed by atoms with van der Waals surface area (Å²) in [6.07, 6.45) is 3.49. The third-order valence-electron chi connectivity index (χ3n) is 4.21. The van der Waals surface area contributed by atoms with Crippen molar-refractivity contribution in [2.24, 2.45) is 0 Å². The normalized spacial score (nSPS) is 15.0. The van der Waals surface area contributed by atoms with Crippen LogP contribution in [0.15, 0.2) is 48.5 Å². The number of nitrogens with zero attached hydrogens (tertiary/aromatic N) is 1. The second kappa shape index (κ2) is 6.13. The van der Waals surface area contributed by atoms with Gasteiger partial charge in [-0.15, -0.1) is 0 Å². The predicted molar refractivity (Wildman–Crippen MR) is 86.4 cm³/mol. The van der Waals surface area contributed by atoms with Gasteiger partial charge in [-0.3, -0.25) is 4.79 Å². The molecule has 0 saturated carbocycles. The van der Waals surface area contributed by atoms with E-state index in [9.17, 15) is 4.79 Å². The van der Waals surface area contributed by atoms with Crippen molar-refractivity contribution < 1.29 is 4.79 Å². The van der Waals surface area contributed by atoms with E-state index < -0.39 is 0 Å². The van der Waals surface area contributed by atoms with Crippen LogP contribution in [0.5, 0.6) is 0 Å². The molecule has 1 aliphatic heterocycles. The van der Waals surface area contributed by atoms with Gasteiger partial charge in [-0.05, 0) is 42.9 Å². The van der Waals surface area contributed by atoms with Crippen molar-refractivity contribution in [2.45, 2.75) is 26.2 Å². The Labute approximate surface area is 126 Å². The summed E-state index contributed by atoms with van der Waals surface area (Å²) in [6, 6.07) is 16.3. The molecule has 2 nitrogen and oxygen atoms in total.